The first-order chi connectivity index (χ1) is 11.5. The molecular weight excluding hydrogens is 296 g/mol. The number of piperidine rings is 1. The highest BCUT2D eigenvalue weighted by atomic mass is 16.1. The van der Waals surface area contributed by atoms with Crippen molar-refractivity contribution in [2.75, 3.05) is 0 Å². The molecule has 0 aromatic heterocycles. The second kappa shape index (κ2) is 5.09. The standard InChI is InChI=1S/C21H32N2O/c1-20-11-9-16-14(15(20)6-8-17(20)22-13-3-4-13)5-7-18-21(16,2)12-10-19(24)23-18/h7,13-17,22H,3-6,8-12H2,1-2H3,(H,23,24). The first-order valence-corrected chi connectivity index (χ1v) is 10.3. The van der Waals surface area contributed by atoms with Gasteiger partial charge in [-0.1, -0.05) is 19.9 Å². The molecule has 1 aliphatic heterocycles. The molecule has 3 nitrogen and oxygen atoms in total. The highest BCUT2D eigenvalue weighted by Crippen LogP contribution is 2.63. The van der Waals surface area contributed by atoms with E-state index < -0.39 is 0 Å². The van der Waals surface area contributed by atoms with Gasteiger partial charge in [-0.25, -0.2) is 0 Å². The van der Waals surface area contributed by atoms with Gasteiger partial charge >= 0.3 is 0 Å². The van der Waals surface area contributed by atoms with Crippen LogP contribution in [0.1, 0.15) is 71.6 Å². The average Bonchev–Trinajstić information content (AvgIpc) is 3.31. The number of carbonyl (C=O) groups is 1. The first-order valence-electron chi connectivity index (χ1n) is 10.3. The maximum Gasteiger partial charge on any atom is 0.224 e. The largest absolute Gasteiger partial charge is 0.330 e. The van der Waals surface area contributed by atoms with Crippen LogP contribution in [0.3, 0.4) is 0 Å². The molecule has 4 fully saturated rings. The van der Waals surface area contributed by atoms with Crippen molar-refractivity contribution in [1.82, 2.24) is 10.6 Å². The van der Waals surface area contributed by atoms with Gasteiger partial charge < -0.3 is 10.6 Å². The fraction of sp³-hybridized carbons (Fsp3) is 0.857. The molecule has 1 saturated heterocycles. The van der Waals surface area contributed by atoms with Gasteiger partial charge in [0.15, 0.2) is 0 Å². The van der Waals surface area contributed by atoms with E-state index in [-0.39, 0.29) is 11.3 Å². The minimum absolute atomic E-state index is 0.222. The Balaban J connectivity index is 1.43. The van der Waals surface area contributed by atoms with Crippen molar-refractivity contribution in [1.29, 1.82) is 0 Å². The molecule has 6 unspecified atom stereocenters. The summed E-state index contributed by atoms with van der Waals surface area (Å²) in [7, 11) is 0. The van der Waals surface area contributed by atoms with E-state index in [9.17, 15) is 4.79 Å². The molecule has 1 amide bonds. The van der Waals surface area contributed by atoms with Crippen molar-refractivity contribution in [3.8, 4) is 0 Å². The third kappa shape index (κ3) is 2.09. The lowest BCUT2D eigenvalue weighted by Crippen LogP contribution is -2.55. The van der Waals surface area contributed by atoms with E-state index in [0.29, 0.717) is 11.8 Å². The molecule has 24 heavy (non-hydrogen) atoms. The Labute approximate surface area is 146 Å². The molecule has 2 N–H and O–H groups in total. The molecule has 5 rings (SSSR count). The number of nitrogens with one attached hydrogen (secondary N) is 2. The molecule has 0 aromatic carbocycles. The van der Waals surface area contributed by atoms with Crippen molar-refractivity contribution in [3.63, 3.8) is 0 Å². The zero-order chi connectivity index (χ0) is 16.5. The number of allylic oxidation sites excluding steroid dienone is 2. The monoisotopic (exact) mass is 328 g/mol. The van der Waals surface area contributed by atoms with Crippen molar-refractivity contribution in [2.45, 2.75) is 83.7 Å². The quantitative estimate of drug-likeness (QED) is 0.810. The normalized spacial score (nSPS) is 50.4. The van der Waals surface area contributed by atoms with Crippen LogP contribution in [0.2, 0.25) is 0 Å². The number of hydrogen-bond donors (Lipinski definition) is 2. The zero-order valence-corrected chi connectivity index (χ0v) is 15.2. The van der Waals surface area contributed by atoms with Gasteiger partial charge in [0.25, 0.3) is 0 Å². The highest BCUT2D eigenvalue weighted by molar-refractivity contribution is 5.79. The molecule has 5 aliphatic rings. The molecular formula is C21H32N2O. The van der Waals surface area contributed by atoms with Gasteiger partial charge in [0.05, 0.1) is 0 Å². The van der Waals surface area contributed by atoms with Gasteiger partial charge in [0.1, 0.15) is 0 Å². The fourth-order valence-electron chi connectivity index (χ4n) is 7.00. The topological polar surface area (TPSA) is 41.1 Å². The molecule has 0 spiro atoms. The van der Waals surface area contributed by atoms with E-state index in [4.69, 9.17) is 0 Å². The SMILES string of the molecule is CC12CCC(=O)NC1=CCC1C2CCC2(C)C(NC3CC3)CCC12. The number of amides is 1. The van der Waals surface area contributed by atoms with E-state index in [1.807, 2.05) is 0 Å². The highest BCUT2D eigenvalue weighted by Gasteiger charge is 2.59. The molecule has 1 heterocycles. The molecule has 3 heteroatoms. The lowest BCUT2D eigenvalue weighted by Gasteiger charge is -2.57. The van der Waals surface area contributed by atoms with Crippen LogP contribution in [-0.4, -0.2) is 18.0 Å². The Morgan fingerprint density at radius 3 is 2.71 bits per heavy atom. The summed E-state index contributed by atoms with van der Waals surface area (Å²) >= 11 is 0. The second-order valence-corrected chi connectivity index (χ2v) is 9.81. The van der Waals surface area contributed by atoms with Crippen LogP contribution in [0.4, 0.5) is 0 Å². The molecule has 132 valence electrons. The Morgan fingerprint density at radius 2 is 1.92 bits per heavy atom. The van der Waals surface area contributed by atoms with Gasteiger partial charge in [0.2, 0.25) is 5.91 Å². The fourth-order valence-corrected chi connectivity index (χ4v) is 7.00. The summed E-state index contributed by atoms with van der Waals surface area (Å²) in [5.41, 5.74) is 1.98. The van der Waals surface area contributed by atoms with E-state index in [1.165, 1.54) is 50.6 Å². The minimum Gasteiger partial charge on any atom is -0.330 e. The lowest BCUT2D eigenvalue weighted by molar-refractivity contribution is -0.125. The van der Waals surface area contributed by atoms with Crippen molar-refractivity contribution in [2.24, 2.45) is 28.6 Å². The van der Waals surface area contributed by atoms with Crippen LogP contribution < -0.4 is 10.6 Å². The van der Waals surface area contributed by atoms with E-state index in [1.54, 1.807) is 0 Å². The Kier molecular flexibility index (Phi) is 3.27. The van der Waals surface area contributed by atoms with Crippen LogP contribution in [0.25, 0.3) is 0 Å². The summed E-state index contributed by atoms with van der Waals surface area (Å²) in [5.74, 6) is 2.71. The summed E-state index contributed by atoms with van der Waals surface area (Å²) in [5, 5.41) is 7.20. The third-order valence-corrected chi connectivity index (χ3v) is 8.62. The van der Waals surface area contributed by atoms with Gasteiger partial charge in [-0.15, -0.1) is 0 Å². The summed E-state index contributed by atoms with van der Waals surface area (Å²) in [6.45, 7) is 5.03. The summed E-state index contributed by atoms with van der Waals surface area (Å²) in [4.78, 5) is 11.8. The predicted octanol–water partition coefficient (Wildman–Crippen LogP) is 3.75. The Hall–Kier alpha value is -0.830. The van der Waals surface area contributed by atoms with E-state index in [2.05, 4.69) is 30.6 Å². The first kappa shape index (κ1) is 15.4. The summed E-state index contributed by atoms with van der Waals surface area (Å²) in [6.07, 6.45) is 13.7. The number of carbonyl (C=O) groups excluding carboxylic acids is 1. The number of hydrogen-bond acceptors (Lipinski definition) is 2. The van der Waals surface area contributed by atoms with Crippen molar-refractivity contribution in [3.05, 3.63) is 11.8 Å². The molecule has 4 aliphatic carbocycles. The Bertz CT molecular complexity index is 595. The van der Waals surface area contributed by atoms with Gasteiger partial charge in [-0.2, -0.15) is 0 Å². The average molecular weight is 329 g/mol. The molecule has 0 aromatic rings. The molecule has 6 atom stereocenters. The molecule has 0 radical (unpaired) electrons. The summed E-state index contributed by atoms with van der Waals surface area (Å²) < 4.78 is 0. The summed E-state index contributed by atoms with van der Waals surface area (Å²) in [6, 6.07) is 1.58. The van der Waals surface area contributed by atoms with Crippen molar-refractivity contribution < 1.29 is 4.79 Å². The maximum atomic E-state index is 11.8. The number of fused-ring (bicyclic) bond motifs is 5. The lowest BCUT2D eigenvalue weighted by atomic mass is 9.49. The van der Waals surface area contributed by atoms with E-state index in [0.717, 1.165) is 36.3 Å². The van der Waals surface area contributed by atoms with Gasteiger partial charge in [-0.05, 0) is 74.5 Å². The Morgan fingerprint density at radius 1 is 1.08 bits per heavy atom. The number of rotatable bonds is 2. The predicted molar refractivity (Wildman–Crippen MR) is 95.2 cm³/mol. The van der Waals surface area contributed by atoms with Crippen LogP contribution in [0, 0.1) is 28.6 Å². The van der Waals surface area contributed by atoms with Crippen LogP contribution in [0.5, 0.6) is 0 Å². The molecule has 0 bridgehead atoms. The minimum atomic E-state index is 0.222. The van der Waals surface area contributed by atoms with Gasteiger partial charge in [-0.3, -0.25) is 4.79 Å². The van der Waals surface area contributed by atoms with Crippen LogP contribution in [-0.2, 0) is 4.79 Å². The van der Waals surface area contributed by atoms with Crippen LogP contribution >= 0.6 is 0 Å². The van der Waals surface area contributed by atoms with Crippen molar-refractivity contribution >= 4 is 5.91 Å². The van der Waals surface area contributed by atoms with Gasteiger partial charge in [0, 0.05) is 29.6 Å². The maximum absolute atomic E-state index is 11.8. The second-order valence-electron chi connectivity index (χ2n) is 9.81. The zero-order valence-electron chi connectivity index (χ0n) is 15.2. The smallest absolute Gasteiger partial charge is 0.224 e. The van der Waals surface area contributed by atoms with Crippen LogP contribution in [0.15, 0.2) is 11.8 Å². The van der Waals surface area contributed by atoms with E-state index >= 15 is 0 Å². The molecule has 3 saturated carbocycles. The third-order valence-electron chi connectivity index (χ3n) is 8.62.